The molecule has 0 radical (unpaired) electrons. The second kappa shape index (κ2) is 4.61. The molecule has 1 aromatic carbocycles. The summed E-state index contributed by atoms with van der Waals surface area (Å²) in [4.78, 5) is 4.59. The highest BCUT2D eigenvalue weighted by atomic mass is 32.1. The predicted octanol–water partition coefficient (Wildman–Crippen LogP) is 2.34. The second-order valence-corrected chi connectivity index (χ2v) is 4.16. The molecular formula is C11H13NO2S. The van der Waals surface area contributed by atoms with Crippen molar-refractivity contribution in [2.45, 2.75) is 6.42 Å². The Labute approximate surface area is 92.4 Å². The van der Waals surface area contributed by atoms with E-state index in [2.05, 4.69) is 28.4 Å². The minimum Gasteiger partial charge on any atom is -0.496 e. The molecule has 2 aromatic rings. The van der Waals surface area contributed by atoms with E-state index in [1.807, 2.05) is 0 Å². The van der Waals surface area contributed by atoms with Crippen LogP contribution in [-0.4, -0.2) is 13.7 Å². The Kier molecular flexibility index (Phi) is 3.20. The molecular weight excluding hydrogens is 210 g/mol. The van der Waals surface area contributed by atoms with E-state index >= 15 is 0 Å². The van der Waals surface area contributed by atoms with Crippen molar-refractivity contribution in [2.75, 3.05) is 13.7 Å². The number of hydrogen-bond acceptors (Lipinski definition) is 4. The van der Waals surface area contributed by atoms with Gasteiger partial charge in [-0.2, -0.15) is 0 Å². The molecule has 0 aliphatic heterocycles. The number of ether oxygens (including phenoxy) is 1. The molecule has 0 spiro atoms. The highest BCUT2D eigenvalue weighted by Crippen LogP contribution is 2.33. The molecule has 0 fully saturated rings. The average molecular weight is 223 g/mol. The van der Waals surface area contributed by atoms with Gasteiger partial charge in [-0.25, -0.2) is 5.90 Å². The molecule has 0 saturated heterocycles. The minimum atomic E-state index is 0.506. The largest absolute Gasteiger partial charge is 0.496 e. The van der Waals surface area contributed by atoms with Gasteiger partial charge in [0.2, 0.25) is 0 Å². The van der Waals surface area contributed by atoms with Gasteiger partial charge in [-0.05, 0) is 23.1 Å². The smallest absolute Gasteiger partial charge is 0.130 e. The molecule has 1 heterocycles. The van der Waals surface area contributed by atoms with Crippen molar-refractivity contribution >= 4 is 21.4 Å². The second-order valence-electron chi connectivity index (χ2n) is 3.21. The number of hydrogen-bond donors (Lipinski definition) is 1. The molecule has 1 aromatic heterocycles. The van der Waals surface area contributed by atoms with E-state index in [4.69, 9.17) is 10.6 Å². The van der Waals surface area contributed by atoms with Crippen LogP contribution in [0.15, 0.2) is 23.6 Å². The third-order valence-corrected chi connectivity index (χ3v) is 3.24. The molecule has 0 aliphatic rings. The van der Waals surface area contributed by atoms with Crippen LogP contribution < -0.4 is 10.6 Å². The van der Waals surface area contributed by atoms with Crippen molar-refractivity contribution in [3.05, 3.63) is 29.1 Å². The maximum atomic E-state index is 5.42. The molecule has 0 aliphatic carbocycles. The molecule has 80 valence electrons. The molecule has 2 rings (SSSR count). The van der Waals surface area contributed by atoms with Gasteiger partial charge in [-0.15, -0.1) is 11.3 Å². The van der Waals surface area contributed by atoms with E-state index in [0.29, 0.717) is 6.61 Å². The van der Waals surface area contributed by atoms with Crippen molar-refractivity contribution in [1.82, 2.24) is 0 Å². The number of benzene rings is 1. The Morgan fingerprint density at radius 2 is 2.20 bits per heavy atom. The summed E-state index contributed by atoms with van der Waals surface area (Å²) in [5.74, 6) is 5.96. The molecule has 15 heavy (non-hydrogen) atoms. The molecule has 4 heteroatoms. The number of thiophene rings is 1. The maximum Gasteiger partial charge on any atom is 0.130 e. The lowest BCUT2D eigenvalue weighted by Gasteiger charge is -2.08. The Morgan fingerprint density at radius 1 is 1.33 bits per heavy atom. The van der Waals surface area contributed by atoms with Crippen molar-refractivity contribution in [3.63, 3.8) is 0 Å². The van der Waals surface area contributed by atoms with Crippen LogP contribution in [0.1, 0.15) is 5.56 Å². The zero-order chi connectivity index (χ0) is 10.7. The lowest BCUT2D eigenvalue weighted by Crippen LogP contribution is -2.04. The topological polar surface area (TPSA) is 44.5 Å². The average Bonchev–Trinajstić information content (AvgIpc) is 2.73. The maximum absolute atomic E-state index is 5.42. The molecule has 0 unspecified atom stereocenters. The third-order valence-electron chi connectivity index (χ3n) is 2.36. The number of rotatable bonds is 4. The highest BCUT2D eigenvalue weighted by Gasteiger charge is 2.08. The van der Waals surface area contributed by atoms with E-state index in [1.165, 1.54) is 4.70 Å². The van der Waals surface area contributed by atoms with Gasteiger partial charge >= 0.3 is 0 Å². The molecule has 0 saturated carbocycles. The number of methoxy groups -OCH3 is 1. The fraction of sp³-hybridized carbons (Fsp3) is 0.273. The van der Waals surface area contributed by atoms with Gasteiger partial charge in [-0.3, -0.25) is 0 Å². The van der Waals surface area contributed by atoms with Gasteiger partial charge in [0.05, 0.1) is 13.7 Å². The molecule has 2 N–H and O–H groups in total. The first-order valence-electron chi connectivity index (χ1n) is 4.71. The van der Waals surface area contributed by atoms with E-state index in [9.17, 15) is 0 Å². The predicted molar refractivity (Wildman–Crippen MR) is 62.2 cm³/mol. The Balaban J connectivity index is 2.44. The molecule has 0 amide bonds. The van der Waals surface area contributed by atoms with Crippen LogP contribution in [0.2, 0.25) is 0 Å². The highest BCUT2D eigenvalue weighted by molar-refractivity contribution is 7.17. The normalized spacial score (nSPS) is 10.8. The van der Waals surface area contributed by atoms with E-state index in [0.717, 1.165) is 23.1 Å². The first kappa shape index (κ1) is 10.4. The fourth-order valence-corrected chi connectivity index (χ4v) is 2.45. The Morgan fingerprint density at radius 3 is 2.93 bits per heavy atom. The summed E-state index contributed by atoms with van der Waals surface area (Å²) in [5, 5.41) is 3.23. The molecule has 0 bridgehead atoms. The van der Waals surface area contributed by atoms with Gasteiger partial charge in [0.1, 0.15) is 5.75 Å². The minimum absolute atomic E-state index is 0.506. The monoisotopic (exact) mass is 223 g/mol. The van der Waals surface area contributed by atoms with Crippen molar-refractivity contribution in [3.8, 4) is 5.75 Å². The SMILES string of the molecule is COc1c(CCON)ccc2sccc12. The van der Waals surface area contributed by atoms with Gasteiger partial charge in [0, 0.05) is 16.5 Å². The standard InChI is InChI=1S/C11H13NO2S/c1-13-11-8(4-6-14-12)2-3-10-9(11)5-7-15-10/h2-3,5,7H,4,6,12H2,1H3. The van der Waals surface area contributed by atoms with Crippen molar-refractivity contribution < 1.29 is 9.57 Å². The van der Waals surface area contributed by atoms with E-state index in [1.54, 1.807) is 18.4 Å². The van der Waals surface area contributed by atoms with Crippen LogP contribution in [0, 0.1) is 0 Å². The third kappa shape index (κ3) is 1.97. The van der Waals surface area contributed by atoms with Gasteiger partial charge in [0.25, 0.3) is 0 Å². The fourth-order valence-electron chi connectivity index (χ4n) is 1.67. The van der Waals surface area contributed by atoms with Crippen LogP contribution >= 0.6 is 11.3 Å². The van der Waals surface area contributed by atoms with Crippen molar-refractivity contribution in [2.24, 2.45) is 5.90 Å². The summed E-state index contributed by atoms with van der Waals surface area (Å²) in [5.41, 5.74) is 1.13. The van der Waals surface area contributed by atoms with Gasteiger partial charge in [-0.1, -0.05) is 6.07 Å². The van der Waals surface area contributed by atoms with Crippen LogP contribution in [0.3, 0.4) is 0 Å². The van der Waals surface area contributed by atoms with Crippen molar-refractivity contribution in [1.29, 1.82) is 0 Å². The Hall–Kier alpha value is -1.10. The van der Waals surface area contributed by atoms with Gasteiger partial charge < -0.3 is 9.57 Å². The van der Waals surface area contributed by atoms with Crippen LogP contribution in [0.4, 0.5) is 0 Å². The first-order valence-corrected chi connectivity index (χ1v) is 5.59. The molecule has 3 nitrogen and oxygen atoms in total. The summed E-state index contributed by atoms with van der Waals surface area (Å²) in [6.45, 7) is 0.506. The zero-order valence-electron chi connectivity index (χ0n) is 8.53. The Bertz CT molecular complexity index is 453. The van der Waals surface area contributed by atoms with Crippen LogP contribution in [0.5, 0.6) is 5.75 Å². The lowest BCUT2D eigenvalue weighted by molar-refractivity contribution is 0.141. The summed E-state index contributed by atoms with van der Waals surface area (Å²) >= 11 is 1.71. The number of nitrogens with two attached hydrogens (primary N) is 1. The summed E-state index contributed by atoms with van der Waals surface area (Å²) < 4.78 is 6.66. The quantitative estimate of drug-likeness (QED) is 0.809. The summed E-state index contributed by atoms with van der Waals surface area (Å²) in [6, 6.07) is 6.25. The van der Waals surface area contributed by atoms with E-state index in [-0.39, 0.29) is 0 Å². The zero-order valence-corrected chi connectivity index (χ0v) is 9.34. The summed E-state index contributed by atoms with van der Waals surface area (Å²) in [6.07, 6.45) is 0.769. The summed E-state index contributed by atoms with van der Waals surface area (Å²) in [7, 11) is 1.69. The van der Waals surface area contributed by atoms with Crippen LogP contribution in [-0.2, 0) is 11.3 Å². The number of fused-ring (bicyclic) bond motifs is 1. The van der Waals surface area contributed by atoms with E-state index < -0.39 is 0 Å². The van der Waals surface area contributed by atoms with Crippen LogP contribution in [0.25, 0.3) is 10.1 Å². The first-order chi connectivity index (χ1) is 7.36. The molecule has 0 atom stereocenters. The van der Waals surface area contributed by atoms with Gasteiger partial charge in [0.15, 0.2) is 0 Å². The lowest BCUT2D eigenvalue weighted by atomic mass is 10.1.